The summed E-state index contributed by atoms with van der Waals surface area (Å²) in [5.74, 6) is 0.880. The lowest BCUT2D eigenvalue weighted by atomic mass is 10.0. The summed E-state index contributed by atoms with van der Waals surface area (Å²) in [5.41, 5.74) is 3.74. The molecule has 2 fully saturated rings. The third-order valence-corrected chi connectivity index (χ3v) is 7.21. The number of guanidine groups is 1. The normalized spacial score (nSPS) is 17.0. The topological polar surface area (TPSA) is 73.8 Å². The number of rotatable bonds is 6. The van der Waals surface area contributed by atoms with Crippen molar-refractivity contribution in [1.82, 2.24) is 14.9 Å². The summed E-state index contributed by atoms with van der Waals surface area (Å²) in [7, 11) is -1.60. The molecular weight excluding hydrogens is 535 g/mol. The van der Waals surface area contributed by atoms with Gasteiger partial charge in [-0.2, -0.15) is 0 Å². The first-order chi connectivity index (χ1) is 15.0. The first-order valence-corrected chi connectivity index (χ1v) is 12.3. The Morgan fingerprint density at radius 2 is 1.72 bits per heavy atom. The van der Waals surface area contributed by atoms with E-state index in [0.717, 1.165) is 50.3 Å². The molecular formula is C24H31IN4O2S. The highest BCUT2D eigenvalue weighted by Gasteiger charge is 2.27. The molecule has 172 valence electrons. The molecule has 0 aromatic heterocycles. The van der Waals surface area contributed by atoms with E-state index < -0.39 is 10.0 Å². The van der Waals surface area contributed by atoms with E-state index in [1.165, 1.54) is 11.1 Å². The fraction of sp³-hybridized carbons (Fsp3) is 0.375. The Balaban J connectivity index is 0.00000289. The molecule has 32 heavy (non-hydrogen) atoms. The summed E-state index contributed by atoms with van der Waals surface area (Å²) < 4.78 is 27.3. The molecule has 2 N–H and O–H groups in total. The van der Waals surface area contributed by atoms with E-state index in [1.54, 1.807) is 19.2 Å². The first kappa shape index (κ1) is 24.7. The van der Waals surface area contributed by atoms with Gasteiger partial charge in [0.05, 0.1) is 4.90 Å². The number of piperidine rings is 1. The van der Waals surface area contributed by atoms with Gasteiger partial charge in [0.15, 0.2) is 5.96 Å². The van der Waals surface area contributed by atoms with Gasteiger partial charge >= 0.3 is 0 Å². The number of nitrogens with one attached hydrogen (secondary N) is 2. The molecule has 6 nitrogen and oxygen atoms in total. The monoisotopic (exact) mass is 566 g/mol. The van der Waals surface area contributed by atoms with Crippen molar-refractivity contribution < 1.29 is 8.42 Å². The SMILES string of the molecule is CN=C(NCc1ccc(S(=O)(=O)NC2CC2)cc1)N1CCC(=Cc2ccccc2)CC1.I. The van der Waals surface area contributed by atoms with Crippen LogP contribution in [0.15, 0.2) is 70.1 Å². The Kier molecular flexibility index (Phi) is 8.72. The maximum Gasteiger partial charge on any atom is 0.240 e. The van der Waals surface area contributed by atoms with Gasteiger partial charge in [-0.25, -0.2) is 13.1 Å². The lowest BCUT2D eigenvalue weighted by molar-refractivity contribution is 0.375. The van der Waals surface area contributed by atoms with Gasteiger partial charge in [-0.1, -0.05) is 54.1 Å². The van der Waals surface area contributed by atoms with Crippen LogP contribution in [0.3, 0.4) is 0 Å². The number of aliphatic imine (C=N–C) groups is 1. The zero-order chi connectivity index (χ0) is 21.7. The number of benzene rings is 2. The van der Waals surface area contributed by atoms with Crippen molar-refractivity contribution in [3.05, 3.63) is 71.3 Å². The van der Waals surface area contributed by atoms with Gasteiger partial charge < -0.3 is 10.2 Å². The van der Waals surface area contributed by atoms with E-state index >= 15 is 0 Å². The zero-order valence-electron chi connectivity index (χ0n) is 18.3. The van der Waals surface area contributed by atoms with Crippen LogP contribution in [0.5, 0.6) is 0 Å². The summed E-state index contributed by atoms with van der Waals surface area (Å²) in [6.45, 7) is 2.47. The van der Waals surface area contributed by atoms with Crippen LogP contribution in [-0.4, -0.2) is 45.5 Å². The molecule has 1 heterocycles. The van der Waals surface area contributed by atoms with Crippen LogP contribution < -0.4 is 10.0 Å². The highest BCUT2D eigenvalue weighted by Crippen LogP contribution is 2.22. The van der Waals surface area contributed by atoms with Crippen molar-refractivity contribution in [1.29, 1.82) is 0 Å². The molecule has 1 aliphatic heterocycles. The molecule has 0 bridgehead atoms. The molecule has 2 aromatic rings. The van der Waals surface area contributed by atoms with Gasteiger partial charge in [-0.05, 0) is 48.9 Å². The van der Waals surface area contributed by atoms with Crippen LogP contribution in [0.2, 0.25) is 0 Å². The highest BCUT2D eigenvalue weighted by atomic mass is 127. The molecule has 0 spiro atoms. The van der Waals surface area contributed by atoms with E-state index in [0.29, 0.717) is 11.4 Å². The van der Waals surface area contributed by atoms with Crippen LogP contribution >= 0.6 is 24.0 Å². The second-order valence-corrected chi connectivity index (χ2v) is 9.85. The molecule has 0 atom stereocenters. The molecule has 8 heteroatoms. The minimum atomic E-state index is -3.40. The third-order valence-electron chi connectivity index (χ3n) is 5.67. The summed E-state index contributed by atoms with van der Waals surface area (Å²) in [4.78, 5) is 7.04. The highest BCUT2D eigenvalue weighted by molar-refractivity contribution is 14.0. The minimum absolute atomic E-state index is 0. The molecule has 1 saturated carbocycles. The maximum absolute atomic E-state index is 12.3. The summed E-state index contributed by atoms with van der Waals surface area (Å²) in [6, 6.07) is 17.6. The Morgan fingerprint density at radius 3 is 2.31 bits per heavy atom. The van der Waals surface area contributed by atoms with E-state index in [2.05, 4.69) is 50.3 Å². The third kappa shape index (κ3) is 6.79. The minimum Gasteiger partial charge on any atom is -0.352 e. The van der Waals surface area contributed by atoms with Gasteiger partial charge in [-0.3, -0.25) is 4.99 Å². The van der Waals surface area contributed by atoms with Crippen molar-refractivity contribution in [2.45, 2.75) is 43.2 Å². The summed E-state index contributed by atoms with van der Waals surface area (Å²) >= 11 is 0. The van der Waals surface area contributed by atoms with Gasteiger partial charge in [-0.15, -0.1) is 24.0 Å². The molecule has 0 unspecified atom stereocenters. The van der Waals surface area contributed by atoms with Crippen LogP contribution in [0.4, 0.5) is 0 Å². The number of halogens is 1. The second-order valence-electron chi connectivity index (χ2n) is 8.14. The fourth-order valence-corrected chi connectivity index (χ4v) is 5.03. The van der Waals surface area contributed by atoms with Gasteiger partial charge in [0.25, 0.3) is 0 Å². The summed E-state index contributed by atoms with van der Waals surface area (Å²) in [6.07, 6.45) is 6.20. The molecule has 0 amide bonds. The first-order valence-electron chi connectivity index (χ1n) is 10.8. The van der Waals surface area contributed by atoms with Crippen LogP contribution in [0.1, 0.15) is 36.8 Å². The molecule has 2 aromatic carbocycles. The molecule has 4 rings (SSSR count). The maximum atomic E-state index is 12.3. The average molecular weight is 567 g/mol. The van der Waals surface area contributed by atoms with Gasteiger partial charge in [0.1, 0.15) is 0 Å². The van der Waals surface area contributed by atoms with E-state index in [1.807, 2.05) is 18.2 Å². The molecule has 1 aliphatic carbocycles. The lowest BCUT2D eigenvalue weighted by Gasteiger charge is -2.31. The number of hydrogen-bond acceptors (Lipinski definition) is 3. The Bertz CT molecular complexity index is 1040. The van der Waals surface area contributed by atoms with Crippen LogP contribution in [-0.2, 0) is 16.6 Å². The molecule has 1 saturated heterocycles. The van der Waals surface area contributed by atoms with Crippen LogP contribution in [0, 0.1) is 0 Å². The largest absolute Gasteiger partial charge is 0.352 e. The van der Waals surface area contributed by atoms with Crippen molar-refractivity contribution in [3.63, 3.8) is 0 Å². The predicted molar refractivity (Wildman–Crippen MR) is 141 cm³/mol. The Hall–Kier alpha value is -1.91. The Morgan fingerprint density at radius 1 is 1.06 bits per heavy atom. The fourth-order valence-electron chi connectivity index (χ4n) is 3.72. The van der Waals surface area contributed by atoms with Crippen molar-refractivity contribution in [3.8, 4) is 0 Å². The zero-order valence-corrected chi connectivity index (χ0v) is 21.5. The number of nitrogens with zero attached hydrogens (tertiary/aromatic N) is 2. The average Bonchev–Trinajstić information content (AvgIpc) is 3.60. The van der Waals surface area contributed by atoms with E-state index in [9.17, 15) is 8.42 Å². The summed E-state index contributed by atoms with van der Waals surface area (Å²) in [5, 5.41) is 3.41. The molecule has 0 radical (unpaired) electrons. The smallest absolute Gasteiger partial charge is 0.240 e. The predicted octanol–water partition coefficient (Wildman–Crippen LogP) is 4.00. The van der Waals surface area contributed by atoms with Crippen molar-refractivity contribution in [2.24, 2.45) is 4.99 Å². The van der Waals surface area contributed by atoms with Crippen molar-refractivity contribution in [2.75, 3.05) is 20.1 Å². The number of sulfonamides is 1. The number of likely N-dealkylation sites (tertiary alicyclic amines) is 1. The quantitative estimate of drug-likeness (QED) is 0.315. The van der Waals surface area contributed by atoms with Gasteiger partial charge in [0, 0.05) is 32.7 Å². The standard InChI is InChI=1S/C24H30N4O2S.HI/c1-25-24(28-15-13-20(14-16-28)17-19-5-3-2-4-6-19)26-18-21-7-11-23(12-8-21)31(29,30)27-22-9-10-22;/h2-8,11-12,17,22,27H,9-10,13-16,18H2,1H3,(H,25,26);1H. The second kappa shape index (κ2) is 11.3. The lowest BCUT2D eigenvalue weighted by Crippen LogP contribution is -2.44. The van der Waals surface area contributed by atoms with Gasteiger partial charge in [0.2, 0.25) is 10.0 Å². The number of hydrogen-bond donors (Lipinski definition) is 2. The van der Waals surface area contributed by atoms with Crippen molar-refractivity contribution >= 4 is 46.0 Å². The van der Waals surface area contributed by atoms with E-state index in [4.69, 9.17) is 0 Å². The Labute approximate surface area is 208 Å². The van der Waals surface area contributed by atoms with E-state index in [-0.39, 0.29) is 30.0 Å². The van der Waals surface area contributed by atoms with Crippen LogP contribution in [0.25, 0.3) is 6.08 Å². The molecule has 2 aliphatic rings.